The van der Waals surface area contributed by atoms with Gasteiger partial charge in [0.2, 0.25) is 0 Å². The zero-order valence-electron chi connectivity index (χ0n) is 13.7. The SMILES string of the molecule is CCCC(CCC)(CNC(C)(C)C)c1ccc(Cl)cc1. The van der Waals surface area contributed by atoms with Crippen molar-refractivity contribution in [3.8, 4) is 0 Å². The second-order valence-corrected chi connectivity index (χ2v) is 7.33. The fourth-order valence-corrected chi connectivity index (χ4v) is 3.01. The lowest BCUT2D eigenvalue weighted by Gasteiger charge is -2.37. The van der Waals surface area contributed by atoms with Crippen LogP contribution in [0.5, 0.6) is 0 Å². The first-order valence-corrected chi connectivity index (χ1v) is 8.22. The van der Waals surface area contributed by atoms with Crippen LogP contribution in [0, 0.1) is 0 Å². The van der Waals surface area contributed by atoms with Crippen molar-refractivity contribution in [2.24, 2.45) is 0 Å². The third-order valence-electron chi connectivity index (χ3n) is 3.87. The maximum atomic E-state index is 6.05. The van der Waals surface area contributed by atoms with Crippen LogP contribution in [-0.2, 0) is 5.41 Å². The Morgan fingerprint density at radius 1 is 0.950 bits per heavy atom. The molecule has 0 saturated carbocycles. The molecule has 0 aliphatic rings. The summed E-state index contributed by atoms with van der Waals surface area (Å²) in [6.07, 6.45) is 4.83. The number of hydrogen-bond acceptors (Lipinski definition) is 1. The molecule has 0 fully saturated rings. The van der Waals surface area contributed by atoms with Gasteiger partial charge in [0.05, 0.1) is 0 Å². The van der Waals surface area contributed by atoms with Crippen molar-refractivity contribution in [1.29, 1.82) is 0 Å². The standard InChI is InChI=1S/C18H30ClN/c1-6-12-18(13-7-2,14-20-17(3,4)5)15-8-10-16(19)11-9-15/h8-11,20H,6-7,12-14H2,1-5H3. The first-order valence-electron chi connectivity index (χ1n) is 7.84. The topological polar surface area (TPSA) is 12.0 Å². The summed E-state index contributed by atoms with van der Waals surface area (Å²) in [7, 11) is 0. The largest absolute Gasteiger partial charge is 0.311 e. The van der Waals surface area contributed by atoms with Gasteiger partial charge >= 0.3 is 0 Å². The van der Waals surface area contributed by atoms with Crippen molar-refractivity contribution in [2.45, 2.75) is 71.3 Å². The monoisotopic (exact) mass is 295 g/mol. The zero-order valence-corrected chi connectivity index (χ0v) is 14.5. The van der Waals surface area contributed by atoms with E-state index in [2.05, 4.69) is 52.1 Å². The number of halogens is 1. The van der Waals surface area contributed by atoms with Gasteiger partial charge in [0.15, 0.2) is 0 Å². The molecule has 0 radical (unpaired) electrons. The summed E-state index contributed by atoms with van der Waals surface area (Å²) in [5.41, 5.74) is 1.79. The molecule has 1 aromatic rings. The van der Waals surface area contributed by atoms with E-state index in [1.165, 1.54) is 31.2 Å². The molecule has 0 unspecified atom stereocenters. The van der Waals surface area contributed by atoms with Gasteiger partial charge in [-0.15, -0.1) is 0 Å². The van der Waals surface area contributed by atoms with E-state index < -0.39 is 0 Å². The second-order valence-electron chi connectivity index (χ2n) is 6.89. The van der Waals surface area contributed by atoms with Gasteiger partial charge < -0.3 is 5.32 Å². The van der Waals surface area contributed by atoms with Crippen molar-refractivity contribution >= 4 is 11.6 Å². The molecule has 0 atom stereocenters. The van der Waals surface area contributed by atoms with Crippen molar-refractivity contribution in [3.63, 3.8) is 0 Å². The van der Waals surface area contributed by atoms with Crippen LogP contribution in [0.2, 0.25) is 5.02 Å². The minimum atomic E-state index is 0.152. The number of hydrogen-bond donors (Lipinski definition) is 1. The lowest BCUT2D eigenvalue weighted by atomic mass is 9.73. The fourth-order valence-electron chi connectivity index (χ4n) is 2.89. The van der Waals surface area contributed by atoms with Gasteiger partial charge in [-0.1, -0.05) is 50.4 Å². The zero-order chi connectivity index (χ0) is 15.2. The molecule has 1 N–H and O–H groups in total. The second kappa shape index (κ2) is 7.47. The molecule has 0 aliphatic heterocycles. The lowest BCUT2D eigenvalue weighted by molar-refractivity contribution is 0.292. The van der Waals surface area contributed by atoms with Crippen molar-refractivity contribution < 1.29 is 0 Å². The minimum Gasteiger partial charge on any atom is -0.311 e. The molecule has 0 bridgehead atoms. The number of nitrogens with one attached hydrogen (secondary N) is 1. The van der Waals surface area contributed by atoms with Gasteiger partial charge in [0.1, 0.15) is 0 Å². The van der Waals surface area contributed by atoms with E-state index in [1.807, 2.05) is 12.1 Å². The minimum absolute atomic E-state index is 0.152. The summed E-state index contributed by atoms with van der Waals surface area (Å²) in [5, 5.41) is 4.53. The smallest absolute Gasteiger partial charge is 0.0406 e. The fraction of sp³-hybridized carbons (Fsp3) is 0.667. The van der Waals surface area contributed by atoms with Gasteiger partial charge in [-0.2, -0.15) is 0 Å². The van der Waals surface area contributed by atoms with Crippen LogP contribution in [0.4, 0.5) is 0 Å². The molecular formula is C18H30ClN. The summed E-state index contributed by atoms with van der Waals surface area (Å²) in [6.45, 7) is 12.3. The van der Waals surface area contributed by atoms with Crippen LogP contribution in [0.3, 0.4) is 0 Å². The average molecular weight is 296 g/mol. The molecule has 20 heavy (non-hydrogen) atoms. The summed E-state index contributed by atoms with van der Waals surface area (Å²) in [6, 6.07) is 8.46. The highest BCUT2D eigenvalue weighted by atomic mass is 35.5. The Morgan fingerprint density at radius 2 is 1.45 bits per heavy atom. The van der Waals surface area contributed by atoms with E-state index in [0.29, 0.717) is 0 Å². The molecule has 114 valence electrons. The van der Waals surface area contributed by atoms with Gasteiger partial charge in [0.25, 0.3) is 0 Å². The van der Waals surface area contributed by atoms with Gasteiger partial charge in [-0.25, -0.2) is 0 Å². The summed E-state index contributed by atoms with van der Waals surface area (Å²) in [4.78, 5) is 0. The third-order valence-corrected chi connectivity index (χ3v) is 4.12. The van der Waals surface area contributed by atoms with Gasteiger partial charge in [0, 0.05) is 22.5 Å². The summed E-state index contributed by atoms with van der Waals surface area (Å²) < 4.78 is 0. The maximum absolute atomic E-state index is 6.05. The summed E-state index contributed by atoms with van der Waals surface area (Å²) in [5.74, 6) is 0. The van der Waals surface area contributed by atoms with Crippen molar-refractivity contribution in [2.75, 3.05) is 6.54 Å². The summed E-state index contributed by atoms with van der Waals surface area (Å²) >= 11 is 6.05. The molecule has 0 aromatic heterocycles. The average Bonchev–Trinajstić information content (AvgIpc) is 2.36. The highest BCUT2D eigenvalue weighted by Crippen LogP contribution is 2.35. The maximum Gasteiger partial charge on any atom is 0.0406 e. The Balaban J connectivity index is 3.05. The van der Waals surface area contributed by atoms with E-state index in [9.17, 15) is 0 Å². The van der Waals surface area contributed by atoms with Crippen molar-refractivity contribution in [3.05, 3.63) is 34.9 Å². The van der Waals surface area contributed by atoms with Crippen molar-refractivity contribution in [1.82, 2.24) is 5.32 Å². The van der Waals surface area contributed by atoms with Gasteiger partial charge in [-0.3, -0.25) is 0 Å². The molecule has 1 aromatic carbocycles. The van der Waals surface area contributed by atoms with E-state index in [4.69, 9.17) is 11.6 Å². The molecule has 1 rings (SSSR count). The van der Waals surface area contributed by atoms with E-state index in [1.54, 1.807) is 0 Å². The molecule has 0 aliphatic carbocycles. The van der Waals surface area contributed by atoms with Gasteiger partial charge in [-0.05, 0) is 51.3 Å². The van der Waals surface area contributed by atoms with E-state index in [0.717, 1.165) is 11.6 Å². The van der Waals surface area contributed by atoms with Crippen LogP contribution in [-0.4, -0.2) is 12.1 Å². The number of benzene rings is 1. The van der Waals surface area contributed by atoms with E-state index >= 15 is 0 Å². The highest BCUT2D eigenvalue weighted by molar-refractivity contribution is 6.30. The Kier molecular flexibility index (Phi) is 6.54. The van der Waals surface area contributed by atoms with Crippen LogP contribution in [0.25, 0.3) is 0 Å². The Morgan fingerprint density at radius 3 is 1.85 bits per heavy atom. The van der Waals surface area contributed by atoms with Crippen LogP contribution in [0.1, 0.15) is 65.9 Å². The quantitative estimate of drug-likeness (QED) is 0.694. The predicted octanol–water partition coefficient (Wildman–Crippen LogP) is 5.57. The lowest BCUT2D eigenvalue weighted by Crippen LogP contribution is -2.46. The Labute approximate surface area is 130 Å². The Bertz CT molecular complexity index is 383. The third kappa shape index (κ3) is 5.10. The first-order chi connectivity index (χ1) is 9.33. The molecule has 0 amide bonds. The predicted molar refractivity (Wildman–Crippen MR) is 90.7 cm³/mol. The van der Waals surface area contributed by atoms with Crippen LogP contribution in [0.15, 0.2) is 24.3 Å². The van der Waals surface area contributed by atoms with Crippen LogP contribution < -0.4 is 5.32 Å². The molecule has 0 saturated heterocycles. The normalized spacial score (nSPS) is 12.7. The molecule has 1 nitrogen and oxygen atoms in total. The van der Waals surface area contributed by atoms with Crippen LogP contribution >= 0.6 is 11.6 Å². The molecule has 0 spiro atoms. The highest BCUT2D eigenvalue weighted by Gasteiger charge is 2.31. The molecule has 0 heterocycles. The Hall–Kier alpha value is -0.530. The van der Waals surface area contributed by atoms with E-state index in [-0.39, 0.29) is 11.0 Å². The molecular weight excluding hydrogens is 266 g/mol. The first kappa shape index (κ1) is 17.5. The number of rotatable bonds is 7. The molecule has 2 heteroatoms.